The first kappa shape index (κ1) is 13.1. The lowest BCUT2D eigenvalue weighted by atomic mass is 10.1. The molecular formula is C14H21N3OS. The minimum absolute atomic E-state index is 0.189. The third-order valence-electron chi connectivity index (χ3n) is 3.74. The number of carbonyl (C=O) groups is 1. The van der Waals surface area contributed by atoms with Gasteiger partial charge in [-0.15, -0.1) is 11.3 Å². The van der Waals surface area contributed by atoms with Gasteiger partial charge in [0, 0.05) is 32.1 Å². The summed E-state index contributed by atoms with van der Waals surface area (Å²) in [5, 5.41) is 4.47. The summed E-state index contributed by atoms with van der Waals surface area (Å²) in [6.45, 7) is 7.68. The summed E-state index contributed by atoms with van der Waals surface area (Å²) >= 11 is 1.64. The Labute approximate surface area is 118 Å². The summed E-state index contributed by atoms with van der Waals surface area (Å²) in [5.41, 5.74) is 1.01. The fraction of sp³-hybridized carbons (Fsp3) is 0.714. The second-order valence-corrected chi connectivity index (χ2v) is 6.77. The topological polar surface area (TPSA) is 45.2 Å². The number of amides is 1. The summed E-state index contributed by atoms with van der Waals surface area (Å²) in [6, 6.07) is 0. The number of rotatable bonds is 3. The molecule has 1 amide bonds. The number of carbonyl (C=O) groups excluding carboxylic acids is 1. The predicted molar refractivity (Wildman–Crippen MR) is 77.0 cm³/mol. The van der Waals surface area contributed by atoms with E-state index in [4.69, 9.17) is 4.98 Å². The van der Waals surface area contributed by atoms with Crippen molar-refractivity contribution in [2.24, 2.45) is 0 Å². The molecule has 0 aromatic carbocycles. The number of nitrogens with one attached hydrogen (secondary N) is 1. The van der Waals surface area contributed by atoms with Crippen LogP contribution in [0.25, 0.3) is 0 Å². The van der Waals surface area contributed by atoms with E-state index in [0.717, 1.165) is 36.8 Å². The van der Waals surface area contributed by atoms with Crippen LogP contribution in [-0.2, 0) is 0 Å². The maximum absolute atomic E-state index is 12.6. The quantitative estimate of drug-likeness (QED) is 0.922. The molecule has 1 aliphatic heterocycles. The van der Waals surface area contributed by atoms with E-state index in [1.165, 1.54) is 17.8 Å². The highest BCUT2D eigenvalue weighted by Crippen LogP contribution is 2.43. The minimum Gasteiger partial charge on any atom is -0.335 e. The molecule has 1 aliphatic carbocycles. The van der Waals surface area contributed by atoms with Gasteiger partial charge in [0.05, 0.1) is 10.7 Å². The highest BCUT2D eigenvalue weighted by atomic mass is 32.1. The maximum atomic E-state index is 12.6. The van der Waals surface area contributed by atoms with Crippen molar-refractivity contribution >= 4 is 17.2 Å². The van der Waals surface area contributed by atoms with Gasteiger partial charge < -0.3 is 10.2 Å². The molecule has 5 heteroatoms. The van der Waals surface area contributed by atoms with Crippen molar-refractivity contribution in [1.82, 2.24) is 15.2 Å². The average molecular weight is 279 g/mol. The summed E-state index contributed by atoms with van der Waals surface area (Å²) in [7, 11) is 0. The minimum atomic E-state index is 0.189. The maximum Gasteiger partial charge on any atom is 0.265 e. The molecule has 0 unspecified atom stereocenters. The molecule has 3 rings (SSSR count). The molecular weight excluding hydrogens is 258 g/mol. The molecule has 4 nitrogen and oxygen atoms in total. The molecule has 104 valence electrons. The van der Waals surface area contributed by atoms with Crippen LogP contribution in [0.1, 0.15) is 58.9 Å². The van der Waals surface area contributed by atoms with Crippen molar-refractivity contribution in [2.45, 2.75) is 38.5 Å². The van der Waals surface area contributed by atoms with Crippen LogP contribution < -0.4 is 5.32 Å². The van der Waals surface area contributed by atoms with Gasteiger partial charge in [-0.05, 0) is 18.8 Å². The summed E-state index contributed by atoms with van der Waals surface area (Å²) in [4.78, 5) is 20.2. The lowest BCUT2D eigenvalue weighted by molar-refractivity contribution is 0.0739. The lowest BCUT2D eigenvalue weighted by Crippen LogP contribution is -2.46. The number of thiazole rings is 1. The molecule has 0 atom stereocenters. The SMILES string of the molecule is CC(C)c1nc(C2CC2)sc1C(=O)N1CCNCC1. The molecule has 1 aromatic rings. The zero-order valence-electron chi connectivity index (χ0n) is 11.6. The first-order valence-electron chi connectivity index (χ1n) is 7.17. The van der Waals surface area contributed by atoms with Gasteiger partial charge in [-0.3, -0.25) is 4.79 Å². The van der Waals surface area contributed by atoms with Gasteiger partial charge in [-0.25, -0.2) is 4.98 Å². The van der Waals surface area contributed by atoms with E-state index < -0.39 is 0 Å². The molecule has 2 heterocycles. The van der Waals surface area contributed by atoms with Crippen LogP contribution in [0.15, 0.2) is 0 Å². The largest absolute Gasteiger partial charge is 0.335 e. The highest BCUT2D eigenvalue weighted by molar-refractivity contribution is 7.14. The van der Waals surface area contributed by atoms with Crippen molar-refractivity contribution in [3.05, 3.63) is 15.6 Å². The molecule has 0 spiro atoms. The first-order chi connectivity index (χ1) is 9.16. The normalized spacial score (nSPS) is 20.1. The van der Waals surface area contributed by atoms with Gasteiger partial charge in [0.1, 0.15) is 4.88 Å². The number of hydrogen-bond donors (Lipinski definition) is 1. The Morgan fingerprint density at radius 3 is 2.63 bits per heavy atom. The van der Waals surface area contributed by atoms with Crippen molar-refractivity contribution < 1.29 is 4.79 Å². The second-order valence-electron chi connectivity index (χ2n) is 5.74. The molecule has 0 bridgehead atoms. The third kappa shape index (κ3) is 2.67. The summed E-state index contributed by atoms with van der Waals surface area (Å²) < 4.78 is 0. The Balaban J connectivity index is 1.86. The van der Waals surface area contributed by atoms with E-state index in [0.29, 0.717) is 11.8 Å². The summed E-state index contributed by atoms with van der Waals surface area (Å²) in [5.74, 6) is 1.15. The molecule has 0 radical (unpaired) electrons. The van der Waals surface area contributed by atoms with Crippen LogP contribution in [0, 0.1) is 0 Å². The van der Waals surface area contributed by atoms with E-state index in [1.54, 1.807) is 11.3 Å². The number of nitrogens with zero attached hydrogens (tertiary/aromatic N) is 2. The smallest absolute Gasteiger partial charge is 0.265 e. The van der Waals surface area contributed by atoms with Crippen LogP contribution in [0.4, 0.5) is 0 Å². The van der Waals surface area contributed by atoms with Gasteiger partial charge in [0.25, 0.3) is 5.91 Å². The predicted octanol–water partition coefficient (Wildman–Crippen LogP) is 2.19. The van der Waals surface area contributed by atoms with E-state index in [2.05, 4.69) is 19.2 Å². The second kappa shape index (κ2) is 5.21. The molecule has 19 heavy (non-hydrogen) atoms. The lowest BCUT2D eigenvalue weighted by Gasteiger charge is -2.27. The van der Waals surface area contributed by atoms with Gasteiger partial charge in [-0.2, -0.15) is 0 Å². The van der Waals surface area contributed by atoms with Crippen LogP contribution >= 0.6 is 11.3 Å². The molecule has 1 N–H and O–H groups in total. The summed E-state index contributed by atoms with van der Waals surface area (Å²) in [6.07, 6.45) is 2.48. The fourth-order valence-electron chi connectivity index (χ4n) is 2.41. The Morgan fingerprint density at radius 2 is 2.05 bits per heavy atom. The van der Waals surface area contributed by atoms with Crippen LogP contribution in [0.2, 0.25) is 0 Å². The molecule has 1 saturated heterocycles. The van der Waals surface area contributed by atoms with Gasteiger partial charge in [-0.1, -0.05) is 13.8 Å². The third-order valence-corrected chi connectivity index (χ3v) is 4.96. The standard InChI is InChI=1S/C14H21N3OS/c1-9(2)11-12(19-13(16-11)10-3-4-10)14(18)17-7-5-15-6-8-17/h9-10,15H,3-8H2,1-2H3. The first-order valence-corrected chi connectivity index (χ1v) is 7.99. The van der Waals surface area contributed by atoms with Crippen LogP contribution in [-0.4, -0.2) is 42.0 Å². The van der Waals surface area contributed by atoms with Crippen molar-refractivity contribution in [3.63, 3.8) is 0 Å². The van der Waals surface area contributed by atoms with Gasteiger partial charge in [0.2, 0.25) is 0 Å². The fourth-order valence-corrected chi connectivity index (χ4v) is 3.77. The van der Waals surface area contributed by atoms with Crippen molar-refractivity contribution in [1.29, 1.82) is 0 Å². The number of hydrogen-bond acceptors (Lipinski definition) is 4. The number of aromatic nitrogens is 1. The molecule has 1 aromatic heterocycles. The van der Waals surface area contributed by atoms with E-state index in [9.17, 15) is 4.79 Å². The Hall–Kier alpha value is -0.940. The molecule has 2 aliphatic rings. The molecule has 1 saturated carbocycles. The van der Waals surface area contributed by atoms with Gasteiger partial charge >= 0.3 is 0 Å². The zero-order valence-corrected chi connectivity index (χ0v) is 12.4. The zero-order chi connectivity index (χ0) is 13.4. The Morgan fingerprint density at radius 1 is 1.37 bits per heavy atom. The Kier molecular flexibility index (Phi) is 3.58. The van der Waals surface area contributed by atoms with E-state index in [-0.39, 0.29) is 5.91 Å². The number of piperazine rings is 1. The van der Waals surface area contributed by atoms with Crippen LogP contribution in [0.5, 0.6) is 0 Å². The highest BCUT2D eigenvalue weighted by Gasteiger charge is 2.32. The van der Waals surface area contributed by atoms with Crippen molar-refractivity contribution in [3.8, 4) is 0 Å². The monoisotopic (exact) mass is 279 g/mol. The Bertz CT molecular complexity index is 473. The molecule has 2 fully saturated rings. The van der Waals surface area contributed by atoms with E-state index >= 15 is 0 Å². The van der Waals surface area contributed by atoms with Gasteiger partial charge in [0.15, 0.2) is 0 Å². The van der Waals surface area contributed by atoms with Crippen LogP contribution in [0.3, 0.4) is 0 Å². The average Bonchev–Trinajstić information content (AvgIpc) is 3.17. The van der Waals surface area contributed by atoms with E-state index in [1.807, 2.05) is 4.90 Å². The van der Waals surface area contributed by atoms with Crippen molar-refractivity contribution in [2.75, 3.05) is 26.2 Å².